The van der Waals surface area contributed by atoms with Gasteiger partial charge in [0.2, 0.25) is 0 Å². The summed E-state index contributed by atoms with van der Waals surface area (Å²) in [5.41, 5.74) is 2.47. The first-order valence-corrected chi connectivity index (χ1v) is 10.7. The highest BCUT2D eigenvalue weighted by molar-refractivity contribution is 5.95. The molecule has 0 N–H and O–H groups in total. The van der Waals surface area contributed by atoms with Crippen molar-refractivity contribution in [3.05, 3.63) is 60.3 Å². The number of fused-ring (bicyclic) bond motifs is 1. The van der Waals surface area contributed by atoms with Crippen molar-refractivity contribution < 1.29 is 14.3 Å². The van der Waals surface area contributed by atoms with Gasteiger partial charge in [-0.25, -0.2) is 4.79 Å². The zero-order valence-electron chi connectivity index (χ0n) is 18.6. The molecular formula is C25H29N3O3. The van der Waals surface area contributed by atoms with Crippen molar-refractivity contribution in [1.82, 2.24) is 9.88 Å². The second kappa shape index (κ2) is 8.46. The van der Waals surface area contributed by atoms with Crippen LogP contribution >= 0.6 is 0 Å². The number of para-hydroxylation sites is 2. The van der Waals surface area contributed by atoms with Gasteiger partial charge in [-0.05, 0) is 52.0 Å². The minimum absolute atomic E-state index is 0.252. The highest BCUT2D eigenvalue weighted by atomic mass is 16.6. The van der Waals surface area contributed by atoms with Gasteiger partial charge in [0.1, 0.15) is 17.1 Å². The number of pyridine rings is 1. The minimum atomic E-state index is -0.485. The van der Waals surface area contributed by atoms with E-state index in [1.54, 1.807) is 4.90 Å². The van der Waals surface area contributed by atoms with Crippen molar-refractivity contribution in [1.29, 1.82) is 0 Å². The Morgan fingerprint density at radius 2 is 1.68 bits per heavy atom. The van der Waals surface area contributed by atoms with E-state index < -0.39 is 5.60 Å². The predicted octanol–water partition coefficient (Wildman–Crippen LogP) is 5.39. The number of ether oxygens (including phenoxy) is 2. The summed E-state index contributed by atoms with van der Waals surface area (Å²) in [5, 5.41) is 0.982. The number of aromatic nitrogens is 1. The van der Waals surface area contributed by atoms with E-state index in [9.17, 15) is 4.79 Å². The standard InChI is InChI=1S/C25H29N3O3/c1-18-17-26-22-20(23(18)30-19-9-6-5-7-10-19)11-8-12-21(22)27-13-15-28(16-14-27)24(29)31-25(2,3)4/h5-12,17H,13-16H2,1-4H3. The molecule has 31 heavy (non-hydrogen) atoms. The fourth-order valence-corrected chi connectivity index (χ4v) is 3.74. The van der Waals surface area contributed by atoms with Crippen LogP contribution in [0.1, 0.15) is 26.3 Å². The van der Waals surface area contributed by atoms with Crippen LogP contribution in [0.2, 0.25) is 0 Å². The Kier molecular flexibility index (Phi) is 5.72. The van der Waals surface area contributed by atoms with Crippen molar-refractivity contribution in [3.63, 3.8) is 0 Å². The van der Waals surface area contributed by atoms with E-state index in [1.165, 1.54) is 0 Å². The zero-order valence-corrected chi connectivity index (χ0v) is 18.6. The Bertz CT molecular complexity index is 1070. The number of carbonyl (C=O) groups is 1. The molecule has 1 saturated heterocycles. The lowest BCUT2D eigenvalue weighted by molar-refractivity contribution is 0.0240. The normalized spacial score (nSPS) is 14.6. The molecule has 3 aromatic rings. The topological polar surface area (TPSA) is 54.9 Å². The first-order valence-electron chi connectivity index (χ1n) is 10.7. The maximum atomic E-state index is 12.4. The van der Waals surface area contributed by atoms with E-state index in [-0.39, 0.29) is 6.09 Å². The summed E-state index contributed by atoms with van der Waals surface area (Å²) >= 11 is 0. The van der Waals surface area contributed by atoms with E-state index in [0.717, 1.165) is 46.7 Å². The molecule has 0 radical (unpaired) electrons. The molecule has 1 amide bonds. The maximum Gasteiger partial charge on any atom is 0.410 e. The van der Waals surface area contributed by atoms with E-state index >= 15 is 0 Å². The Morgan fingerprint density at radius 3 is 2.35 bits per heavy atom. The molecule has 0 spiro atoms. The number of aryl methyl sites for hydroxylation is 1. The molecule has 1 aliphatic heterocycles. The van der Waals surface area contributed by atoms with Crippen LogP contribution in [0.5, 0.6) is 11.5 Å². The van der Waals surface area contributed by atoms with Gasteiger partial charge < -0.3 is 19.3 Å². The third kappa shape index (κ3) is 4.74. The number of rotatable bonds is 3. The van der Waals surface area contributed by atoms with Gasteiger partial charge in [-0.3, -0.25) is 4.98 Å². The second-order valence-corrected chi connectivity index (χ2v) is 8.81. The predicted molar refractivity (Wildman–Crippen MR) is 123 cm³/mol. The number of nitrogens with zero attached hydrogens (tertiary/aromatic N) is 3. The molecule has 6 nitrogen and oxygen atoms in total. The fourth-order valence-electron chi connectivity index (χ4n) is 3.74. The van der Waals surface area contributed by atoms with Gasteiger partial charge in [0.15, 0.2) is 0 Å². The third-order valence-corrected chi connectivity index (χ3v) is 5.24. The van der Waals surface area contributed by atoms with Crippen molar-refractivity contribution in [3.8, 4) is 11.5 Å². The summed E-state index contributed by atoms with van der Waals surface area (Å²) in [5.74, 6) is 1.62. The molecule has 2 aromatic carbocycles. The summed E-state index contributed by atoms with van der Waals surface area (Å²) in [6.07, 6.45) is 1.61. The van der Waals surface area contributed by atoms with Gasteiger partial charge in [-0.15, -0.1) is 0 Å². The molecule has 1 fully saturated rings. The third-order valence-electron chi connectivity index (χ3n) is 5.24. The molecule has 0 saturated carbocycles. The van der Waals surface area contributed by atoms with E-state index in [4.69, 9.17) is 14.5 Å². The van der Waals surface area contributed by atoms with Crippen molar-refractivity contribution >= 4 is 22.7 Å². The average Bonchev–Trinajstić information content (AvgIpc) is 2.75. The lowest BCUT2D eigenvalue weighted by Gasteiger charge is -2.37. The lowest BCUT2D eigenvalue weighted by atomic mass is 10.1. The number of hydrogen-bond donors (Lipinski definition) is 0. The first-order chi connectivity index (χ1) is 14.8. The lowest BCUT2D eigenvalue weighted by Crippen LogP contribution is -2.50. The second-order valence-electron chi connectivity index (χ2n) is 8.81. The summed E-state index contributed by atoms with van der Waals surface area (Å²) in [4.78, 5) is 21.2. The number of amides is 1. The largest absolute Gasteiger partial charge is 0.456 e. The maximum absolute atomic E-state index is 12.4. The Balaban J connectivity index is 1.57. The van der Waals surface area contributed by atoms with Crippen LogP contribution in [0.4, 0.5) is 10.5 Å². The van der Waals surface area contributed by atoms with Crippen molar-refractivity contribution in [2.45, 2.75) is 33.3 Å². The first kappa shape index (κ1) is 21.0. The SMILES string of the molecule is Cc1cnc2c(N3CCN(C(=O)OC(C)(C)C)CC3)cccc2c1Oc1ccccc1. The molecule has 1 aromatic heterocycles. The molecule has 0 unspecified atom stereocenters. The highest BCUT2D eigenvalue weighted by Gasteiger charge is 2.27. The van der Waals surface area contributed by atoms with Gasteiger partial charge >= 0.3 is 6.09 Å². The molecule has 162 valence electrons. The summed E-state index contributed by atoms with van der Waals surface area (Å²) < 4.78 is 11.7. The molecule has 0 bridgehead atoms. The monoisotopic (exact) mass is 419 g/mol. The Hall–Kier alpha value is -3.28. The Morgan fingerprint density at radius 1 is 0.968 bits per heavy atom. The van der Waals surface area contributed by atoms with Crippen LogP contribution in [0.3, 0.4) is 0 Å². The molecule has 2 heterocycles. The van der Waals surface area contributed by atoms with Crippen molar-refractivity contribution in [2.75, 3.05) is 31.1 Å². The van der Waals surface area contributed by atoms with Crippen LogP contribution in [0.15, 0.2) is 54.7 Å². The van der Waals surface area contributed by atoms with Gasteiger partial charge in [0.05, 0.1) is 11.2 Å². The van der Waals surface area contributed by atoms with E-state index in [1.807, 2.05) is 76.4 Å². The van der Waals surface area contributed by atoms with Crippen LogP contribution in [-0.2, 0) is 4.74 Å². The van der Waals surface area contributed by atoms with Crippen LogP contribution < -0.4 is 9.64 Å². The van der Waals surface area contributed by atoms with Gasteiger partial charge in [0.25, 0.3) is 0 Å². The number of carbonyl (C=O) groups excluding carboxylic acids is 1. The minimum Gasteiger partial charge on any atom is -0.456 e. The van der Waals surface area contributed by atoms with Gasteiger partial charge in [-0.1, -0.05) is 24.3 Å². The van der Waals surface area contributed by atoms with Crippen LogP contribution in [-0.4, -0.2) is 47.8 Å². The fraction of sp³-hybridized carbons (Fsp3) is 0.360. The van der Waals surface area contributed by atoms with Crippen molar-refractivity contribution in [2.24, 2.45) is 0 Å². The molecule has 1 aliphatic rings. The molecule has 4 rings (SSSR count). The zero-order chi connectivity index (χ0) is 22.0. The average molecular weight is 420 g/mol. The quantitative estimate of drug-likeness (QED) is 0.569. The van der Waals surface area contributed by atoms with Gasteiger partial charge in [-0.2, -0.15) is 0 Å². The molecule has 0 atom stereocenters. The number of benzene rings is 2. The highest BCUT2D eigenvalue weighted by Crippen LogP contribution is 2.36. The van der Waals surface area contributed by atoms with Crippen LogP contribution in [0, 0.1) is 6.92 Å². The number of piperazine rings is 1. The molecular weight excluding hydrogens is 390 g/mol. The van der Waals surface area contributed by atoms with E-state index in [2.05, 4.69) is 11.0 Å². The summed E-state index contributed by atoms with van der Waals surface area (Å²) in [6, 6.07) is 16.0. The summed E-state index contributed by atoms with van der Waals surface area (Å²) in [6.45, 7) is 10.4. The van der Waals surface area contributed by atoms with Crippen LogP contribution in [0.25, 0.3) is 10.9 Å². The molecule has 6 heteroatoms. The smallest absolute Gasteiger partial charge is 0.410 e. The number of hydrogen-bond acceptors (Lipinski definition) is 5. The summed E-state index contributed by atoms with van der Waals surface area (Å²) in [7, 11) is 0. The molecule has 0 aliphatic carbocycles. The Labute approximate surface area is 183 Å². The van der Waals surface area contributed by atoms with Gasteiger partial charge in [0, 0.05) is 43.3 Å². The number of anilines is 1. The van der Waals surface area contributed by atoms with E-state index in [0.29, 0.717) is 13.1 Å².